The molecule has 0 bridgehead atoms. The van der Waals surface area contributed by atoms with Crippen molar-refractivity contribution in [2.45, 2.75) is 39.5 Å². The minimum atomic E-state index is 0.0814. The van der Waals surface area contributed by atoms with E-state index in [0.717, 1.165) is 31.4 Å². The number of rotatable bonds is 7. The number of ether oxygens (including phenoxy) is 1. The summed E-state index contributed by atoms with van der Waals surface area (Å²) in [4.78, 5) is 16.1. The zero-order valence-corrected chi connectivity index (χ0v) is 11.4. The fraction of sp³-hybridized carbons (Fsp3) is 0.571. The highest BCUT2D eigenvalue weighted by Crippen LogP contribution is 2.17. The molecule has 0 saturated carbocycles. The van der Waals surface area contributed by atoms with Crippen LogP contribution in [0.5, 0.6) is 5.88 Å². The average Bonchev–Trinajstić information content (AvgIpc) is 2.40. The third-order valence-electron chi connectivity index (χ3n) is 2.98. The first-order chi connectivity index (χ1) is 8.71. The molecule has 0 aliphatic heterocycles. The number of nitrogens with one attached hydrogen (secondary N) is 1. The molecule has 0 spiro atoms. The summed E-state index contributed by atoms with van der Waals surface area (Å²) in [5.74, 6) is 0.719. The highest BCUT2D eigenvalue weighted by atomic mass is 16.5. The molecular formula is C14H22N2O2. The Morgan fingerprint density at radius 1 is 1.44 bits per heavy atom. The molecule has 0 aromatic carbocycles. The SMILES string of the molecule is CCCC[C@H](CC)C(=O)Nc1ccc(OC)nc1. The zero-order valence-electron chi connectivity index (χ0n) is 11.4. The van der Waals surface area contributed by atoms with Gasteiger partial charge in [-0.2, -0.15) is 0 Å². The monoisotopic (exact) mass is 250 g/mol. The third kappa shape index (κ3) is 4.35. The predicted molar refractivity (Wildman–Crippen MR) is 72.7 cm³/mol. The molecule has 1 N–H and O–H groups in total. The van der Waals surface area contributed by atoms with Crippen molar-refractivity contribution in [3.05, 3.63) is 18.3 Å². The summed E-state index contributed by atoms with van der Waals surface area (Å²) in [5.41, 5.74) is 0.718. The van der Waals surface area contributed by atoms with Crippen LogP contribution in [0.4, 0.5) is 5.69 Å². The Kier molecular flexibility index (Phi) is 6.19. The molecule has 4 nitrogen and oxygen atoms in total. The van der Waals surface area contributed by atoms with Crippen LogP contribution in [0.1, 0.15) is 39.5 Å². The van der Waals surface area contributed by atoms with Crippen molar-refractivity contribution in [2.24, 2.45) is 5.92 Å². The van der Waals surface area contributed by atoms with Gasteiger partial charge in [0.15, 0.2) is 0 Å². The van der Waals surface area contributed by atoms with Gasteiger partial charge in [0.25, 0.3) is 0 Å². The van der Waals surface area contributed by atoms with Gasteiger partial charge in [-0.1, -0.05) is 26.7 Å². The van der Waals surface area contributed by atoms with E-state index in [1.807, 2.05) is 6.92 Å². The van der Waals surface area contributed by atoms with E-state index in [9.17, 15) is 4.79 Å². The lowest BCUT2D eigenvalue weighted by Crippen LogP contribution is -2.22. The van der Waals surface area contributed by atoms with Crippen LogP contribution in [-0.4, -0.2) is 18.0 Å². The molecule has 1 amide bonds. The lowest BCUT2D eigenvalue weighted by atomic mass is 9.98. The molecule has 0 saturated heterocycles. The Bertz CT molecular complexity index is 363. The second-order valence-corrected chi connectivity index (χ2v) is 4.33. The van der Waals surface area contributed by atoms with Crippen LogP contribution in [0.3, 0.4) is 0 Å². The largest absolute Gasteiger partial charge is 0.481 e. The quantitative estimate of drug-likeness (QED) is 0.808. The lowest BCUT2D eigenvalue weighted by Gasteiger charge is -2.14. The van der Waals surface area contributed by atoms with Crippen LogP contribution in [0.15, 0.2) is 18.3 Å². The smallest absolute Gasteiger partial charge is 0.227 e. The minimum Gasteiger partial charge on any atom is -0.481 e. The average molecular weight is 250 g/mol. The minimum absolute atomic E-state index is 0.0814. The normalized spacial score (nSPS) is 11.9. The van der Waals surface area contributed by atoms with Crippen LogP contribution in [0, 0.1) is 5.92 Å². The maximum atomic E-state index is 12.0. The van der Waals surface area contributed by atoms with Gasteiger partial charge < -0.3 is 10.1 Å². The zero-order chi connectivity index (χ0) is 13.4. The van der Waals surface area contributed by atoms with Crippen molar-refractivity contribution >= 4 is 11.6 Å². The highest BCUT2D eigenvalue weighted by Gasteiger charge is 2.15. The molecule has 1 heterocycles. The molecule has 18 heavy (non-hydrogen) atoms. The Morgan fingerprint density at radius 3 is 2.72 bits per heavy atom. The number of hydrogen-bond acceptors (Lipinski definition) is 3. The molecule has 0 fully saturated rings. The summed E-state index contributed by atoms with van der Waals surface area (Å²) in [6, 6.07) is 3.54. The number of aromatic nitrogens is 1. The van der Waals surface area contributed by atoms with Crippen LogP contribution in [0.25, 0.3) is 0 Å². The second-order valence-electron chi connectivity index (χ2n) is 4.33. The summed E-state index contributed by atoms with van der Waals surface area (Å²) in [5, 5.41) is 2.90. The number of hydrogen-bond donors (Lipinski definition) is 1. The fourth-order valence-corrected chi connectivity index (χ4v) is 1.79. The van der Waals surface area contributed by atoms with E-state index in [0.29, 0.717) is 5.88 Å². The van der Waals surface area contributed by atoms with Crippen molar-refractivity contribution in [1.82, 2.24) is 4.98 Å². The van der Waals surface area contributed by atoms with E-state index < -0.39 is 0 Å². The number of nitrogens with zero attached hydrogens (tertiary/aromatic N) is 1. The van der Waals surface area contributed by atoms with Crippen molar-refractivity contribution in [3.8, 4) is 5.88 Å². The maximum absolute atomic E-state index is 12.0. The number of carbonyl (C=O) groups excluding carboxylic acids is 1. The van der Waals surface area contributed by atoms with Gasteiger partial charge in [-0.05, 0) is 18.9 Å². The van der Waals surface area contributed by atoms with Crippen molar-refractivity contribution in [2.75, 3.05) is 12.4 Å². The van der Waals surface area contributed by atoms with Gasteiger partial charge in [0.05, 0.1) is 19.0 Å². The molecule has 1 aromatic heterocycles. The summed E-state index contributed by atoms with van der Waals surface area (Å²) < 4.78 is 4.97. The van der Waals surface area contributed by atoms with E-state index in [1.54, 1.807) is 25.4 Å². The second kappa shape index (κ2) is 7.69. The molecule has 4 heteroatoms. The Morgan fingerprint density at radius 2 is 2.22 bits per heavy atom. The molecule has 100 valence electrons. The molecule has 0 unspecified atom stereocenters. The van der Waals surface area contributed by atoms with E-state index >= 15 is 0 Å². The first-order valence-electron chi connectivity index (χ1n) is 6.52. The van der Waals surface area contributed by atoms with Gasteiger partial charge in [0, 0.05) is 12.0 Å². The Balaban J connectivity index is 2.55. The molecular weight excluding hydrogens is 228 g/mol. The summed E-state index contributed by atoms with van der Waals surface area (Å²) in [7, 11) is 1.57. The maximum Gasteiger partial charge on any atom is 0.227 e. The highest BCUT2D eigenvalue weighted by molar-refractivity contribution is 5.92. The van der Waals surface area contributed by atoms with Crippen LogP contribution < -0.4 is 10.1 Å². The van der Waals surface area contributed by atoms with Gasteiger partial charge in [0.1, 0.15) is 0 Å². The van der Waals surface area contributed by atoms with E-state index in [2.05, 4.69) is 17.2 Å². The number of amides is 1. The van der Waals surface area contributed by atoms with Crippen LogP contribution in [-0.2, 0) is 4.79 Å². The number of methoxy groups -OCH3 is 1. The van der Waals surface area contributed by atoms with Gasteiger partial charge in [-0.15, -0.1) is 0 Å². The van der Waals surface area contributed by atoms with E-state index in [-0.39, 0.29) is 11.8 Å². The molecule has 0 aliphatic carbocycles. The first kappa shape index (κ1) is 14.5. The lowest BCUT2D eigenvalue weighted by molar-refractivity contribution is -0.120. The van der Waals surface area contributed by atoms with Gasteiger partial charge in [0.2, 0.25) is 11.8 Å². The molecule has 1 aromatic rings. The Labute approximate surface area is 109 Å². The Hall–Kier alpha value is -1.58. The molecule has 1 rings (SSSR count). The number of anilines is 1. The summed E-state index contributed by atoms with van der Waals surface area (Å²) in [6.45, 7) is 4.18. The van der Waals surface area contributed by atoms with E-state index in [1.165, 1.54) is 0 Å². The standard InChI is InChI=1S/C14H22N2O2/c1-4-6-7-11(5-2)14(17)16-12-8-9-13(18-3)15-10-12/h8-11H,4-7H2,1-3H3,(H,16,17)/t11-/m0/s1. The predicted octanol–water partition coefficient (Wildman–Crippen LogP) is 3.25. The van der Waals surface area contributed by atoms with E-state index in [4.69, 9.17) is 4.74 Å². The van der Waals surface area contributed by atoms with Crippen molar-refractivity contribution < 1.29 is 9.53 Å². The molecule has 0 aliphatic rings. The molecule has 0 radical (unpaired) electrons. The number of unbranched alkanes of at least 4 members (excludes halogenated alkanes) is 1. The topological polar surface area (TPSA) is 51.2 Å². The number of carbonyl (C=O) groups is 1. The van der Waals surface area contributed by atoms with Crippen LogP contribution in [0.2, 0.25) is 0 Å². The summed E-state index contributed by atoms with van der Waals surface area (Å²) >= 11 is 0. The molecule has 1 atom stereocenters. The third-order valence-corrected chi connectivity index (χ3v) is 2.98. The van der Waals surface area contributed by atoms with Crippen molar-refractivity contribution in [1.29, 1.82) is 0 Å². The first-order valence-corrected chi connectivity index (χ1v) is 6.52. The number of pyridine rings is 1. The van der Waals surface area contributed by atoms with Gasteiger partial charge in [-0.25, -0.2) is 4.98 Å². The van der Waals surface area contributed by atoms with Gasteiger partial charge in [-0.3, -0.25) is 4.79 Å². The van der Waals surface area contributed by atoms with Crippen molar-refractivity contribution in [3.63, 3.8) is 0 Å². The summed E-state index contributed by atoms with van der Waals surface area (Å²) in [6.07, 6.45) is 5.64. The fourth-order valence-electron chi connectivity index (χ4n) is 1.79. The van der Waals surface area contributed by atoms with Crippen LogP contribution >= 0.6 is 0 Å². The van der Waals surface area contributed by atoms with Gasteiger partial charge >= 0.3 is 0 Å².